The summed E-state index contributed by atoms with van der Waals surface area (Å²) in [6.07, 6.45) is 0. The molecule has 0 bridgehead atoms. The molecule has 1 rings (SSSR count). The van der Waals surface area contributed by atoms with Crippen LogP contribution in [-0.2, 0) is 0 Å². The number of hydrogen-bond acceptors (Lipinski definition) is 2. The van der Waals surface area contributed by atoms with Crippen LogP contribution in [0, 0.1) is 6.92 Å². The second-order valence-electron chi connectivity index (χ2n) is 3.02. The van der Waals surface area contributed by atoms with Crippen LogP contribution in [0.15, 0.2) is 24.3 Å². The Bertz CT molecular complexity index is 292. The van der Waals surface area contributed by atoms with Gasteiger partial charge in [0.1, 0.15) is 0 Å². The zero-order valence-corrected chi connectivity index (χ0v) is 8.19. The molecular weight excluding hydrogens is 166 g/mol. The predicted molar refractivity (Wildman–Crippen MR) is 56.5 cm³/mol. The van der Waals surface area contributed by atoms with Crippen molar-refractivity contribution < 1.29 is 0 Å². The Morgan fingerprint density at radius 3 is 2.67 bits per heavy atom. The topological polar surface area (TPSA) is 26.0 Å². The molecule has 0 aliphatic carbocycles. The first kappa shape index (κ1) is 9.36. The Hall–Kier alpha value is -0.730. The van der Waals surface area contributed by atoms with E-state index in [4.69, 9.17) is 18.0 Å². The lowest BCUT2D eigenvalue weighted by Gasteiger charge is -2.07. The second kappa shape index (κ2) is 3.78. The molecule has 0 saturated carbocycles. The van der Waals surface area contributed by atoms with Crippen LogP contribution in [0.2, 0.25) is 0 Å². The Kier molecular flexibility index (Phi) is 2.95. The Morgan fingerprint density at radius 1 is 1.50 bits per heavy atom. The van der Waals surface area contributed by atoms with Crippen LogP contribution in [0.4, 0.5) is 0 Å². The first-order valence-corrected chi connectivity index (χ1v) is 4.38. The van der Waals surface area contributed by atoms with E-state index < -0.39 is 0 Å². The van der Waals surface area contributed by atoms with Gasteiger partial charge in [-0.15, -0.1) is 0 Å². The first-order valence-electron chi connectivity index (χ1n) is 3.97. The van der Waals surface area contributed by atoms with E-state index >= 15 is 0 Å². The fraction of sp³-hybridized carbons (Fsp3) is 0.300. The number of hydrogen-bond donors (Lipinski definition) is 1. The normalized spacial score (nSPS) is 12.6. The van der Waals surface area contributed by atoms with Crippen molar-refractivity contribution in [2.24, 2.45) is 5.73 Å². The molecule has 0 spiro atoms. The molecule has 0 amide bonds. The SMILES string of the molecule is Cc1cccc(C(=S)C(C)N)c1. The standard InChI is InChI=1S/C10H13NS/c1-7-4-3-5-9(6-7)10(12)8(2)11/h3-6,8H,11H2,1-2H3. The highest BCUT2D eigenvalue weighted by Gasteiger charge is 2.04. The molecule has 1 aromatic rings. The van der Waals surface area contributed by atoms with Gasteiger partial charge in [0.2, 0.25) is 0 Å². The predicted octanol–water partition coefficient (Wildman–Crippen LogP) is 2.06. The van der Waals surface area contributed by atoms with Crippen LogP contribution < -0.4 is 5.73 Å². The Labute approximate surface area is 78.6 Å². The van der Waals surface area contributed by atoms with Crippen molar-refractivity contribution in [1.82, 2.24) is 0 Å². The van der Waals surface area contributed by atoms with E-state index in [0.717, 1.165) is 10.4 Å². The minimum absolute atomic E-state index is 0.0400. The van der Waals surface area contributed by atoms with Crippen molar-refractivity contribution in [2.75, 3.05) is 0 Å². The zero-order valence-electron chi connectivity index (χ0n) is 7.37. The largest absolute Gasteiger partial charge is 0.323 e. The number of aryl methyl sites for hydroxylation is 1. The maximum atomic E-state index is 5.68. The highest BCUT2D eigenvalue weighted by molar-refractivity contribution is 7.81. The number of thiocarbonyl (C=S) groups is 1. The van der Waals surface area contributed by atoms with Gasteiger partial charge in [0.25, 0.3) is 0 Å². The van der Waals surface area contributed by atoms with Crippen molar-refractivity contribution in [2.45, 2.75) is 19.9 Å². The minimum atomic E-state index is -0.0400. The van der Waals surface area contributed by atoms with E-state index in [0.29, 0.717) is 0 Å². The molecule has 1 aromatic carbocycles. The molecule has 1 unspecified atom stereocenters. The second-order valence-corrected chi connectivity index (χ2v) is 3.46. The molecule has 64 valence electrons. The van der Waals surface area contributed by atoms with Gasteiger partial charge < -0.3 is 5.73 Å². The average Bonchev–Trinajstić information content (AvgIpc) is 2.03. The summed E-state index contributed by atoms with van der Waals surface area (Å²) in [7, 11) is 0. The van der Waals surface area contributed by atoms with E-state index in [-0.39, 0.29) is 6.04 Å². The van der Waals surface area contributed by atoms with Crippen LogP contribution in [0.5, 0.6) is 0 Å². The summed E-state index contributed by atoms with van der Waals surface area (Å²) in [4.78, 5) is 0.832. The fourth-order valence-corrected chi connectivity index (χ4v) is 1.19. The summed E-state index contributed by atoms with van der Waals surface area (Å²) in [5.41, 5.74) is 7.96. The third-order valence-corrected chi connectivity index (χ3v) is 2.32. The van der Waals surface area contributed by atoms with Crippen molar-refractivity contribution in [1.29, 1.82) is 0 Å². The number of benzene rings is 1. The van der Waals surface area contributed by atoms with Gasteiger partial charge in [-0.2, -0.15) is 0 Å². The maximum absolute atomic E-state index is 5.68. The first-order chi connectivity index (χ1) is 5.61. The quantitative estimate of drug-likeness (QED) is 0.555. The molecule has 2 heteroatoms. The lowest BCUT2D eigenvalue weighted by molar-refractivity contribution is 0.990. The van der Waals surface area contributed by atoms with Gasteiger partial charge in [-0.3, -0.25) is 0 Å². The van der Waals surface area contributed by atoms with E-state index in [1.807, 2.05) is 32.0 Å². The molecule has 0 aliphatic heterocycles. The Morgan fingerprint density at radius 2 is 2.17 bits per heavy atom. The minimum Gasteiger partial charge on any atom is -0.323 e. The summed E-state index contributed by atoms with van der Waals surface area (Å²) in [6, 6.07) is 8.07. The van der Waals surface area contributed by atoms with Crippen molar-refractivity contribution in [3.8, 4) is 0 Å². The molecule has 1 nitrogen and oxygen atoms in total. The van der Waals surface area contributed by atoms with E-state index in [1.165, 1.54) is 5.56 Å². The number of rotatable bonds is 2. The van der Waals surface area contributed by atoms with Crippen LogP contribution in [-0.4, -0.2) is 10.9 Å². The molecule has 1 atom stereocenters. The maximum Gasteiger partial charge on any atom is 0.0389 e. The zero-order chi connectivity index (χ0) is 9.14. The summed E-state index contributed by atoms with van der Waals surface area (Å²) < 4.78 is 0. The van der Waals surface area contributed by atoms with E-state index in [9.17, 15) is 0 Å². The lowest BCUT2D eigenvalue weighted by Crippen LogP contribution is -2.25. The summed E-state index contributed by atoms with van der Waals surface area (Å²) in [5.74, 6) is 0. The van der Waals surface area contributed by atoms with Crippen LogP contribution in [0.3, 0.4) is 0 Å². The van der Waals surface area contributed by atoms with Crippen molar-refractivity contribution in [3.63, 3.8) is 0 Å². The summed E-state index contributed by atoms with van der Waals surface area (Å²) in [5, 5.41) is 0. The van der Waals surface area contributed by atoms with E-state index in [2.05, 4.69) is 6.07 Å². The highest BCUT2D eigenvalue weighted by atomic mass is 32.1. The van der Waals surface area contributed by atoms with Crippen molar-refractivity contribution in [3.05, 3.63) is 35.4 Å². The molecule has 0 radical (unpaired) electrons. The smallest absolute Gasteiger partial charge is 0.0389 e. The fourth-order valence-electron chi connectivity index (χ4n) is 1.06. The van der Waals surface area contributed by atoms with Crippen LogP contribution in [0.1, 0.15) is 18.1 Å². The molecule has 2 N–H and O–H groups in total. The Balaban J connectivity index is 2.96. The molecule has 0 saturated heterocycles. The van der Waals surface area contributed by atoms with Gasteiger partial charge in [0.05, 0.1) is 0 Å². The van der Waals surface area contributed by atoms with Gasteiger partial charge in [0, 0.05) is 10.9 Å². The van der Waals surface area contributed by atoms with Crippen LogP contribution in [0.25, 0.3) is 0 Å². The molecule has 0 fully saturated rings. The summed E-state index contributed by atoms with van der Waals surface area (Å²) >= 11 is 5.18. The number of nitrogens with two attached hydrogens (primary N) is 1. The van der Waals surface area contributed by atoms with Crippen LogP contribution >= 0.6 is 12.2 Å². The summed E-state index contributed by atoms with van der Waals surface area (Å²) in [6.45, 7) is 3.96. The molecule has 0 aliphatic rings. The monoisotopic (exact) mass is 179 g/mol. The van der Waals surface area contributed by atoms with Gasteiger partial charge in [-0.05, 0) is 19.4 Å². The van der Waals surface area contributed by atoms with Gasteiger partial charge >= 0.3 is 0 Å². The molecule has 0 aromatic heterocycles. The average molecular weight is 179 g/mol. The third-order valence-electron chi connectivity index (χ3n) is 1.72. The molecular formula is C10H13NS. The molecule has 0 heterocycles. The van der Waals surface area contributed by atoms with E-state index in [1.54, 1.807) is 0 Å². The molecule has 12 heavy (non-hydrogen) atoms. The van der Waals surface area contributed by atoms with Gasteiger partial charge in [-0.25, -0.2) is 0 Å². The highest BCUT2D eigenvalue weighted by Crippen LogP contribution is 2.07. The van der Waals surface area contributed by atoms with Gasteiger partial charge in [0.15, 0.2) is 0 Å². The third kappa shape index (κ3) is 2.13. The van der Waals surface area contributed by atoms with Crippen molar-refractivity contribution >= 4 is 17.1 Å². The lowest BCUT2D eigenvalue weighted by atomic mass is 10.1. The van der Waals surface area contributed by atoms with Gasteiger partial charge in [-0.1, -0.05) is 42.0 Å².